The first-order valence-electron chi connectivity index (χ1n) is 5.45. The number of rotatable bonds is 5. The third-order valence-corrected chi connectivity index (χ3v) is 3.15. The number of carbonyl (C=O) groups is 2. The number of carboxylic acid groups (broad SMARTS) is 1. The summed E-state index contributed by atoms with van der Waals surface area (Å²) in [6, 6.07) is 3.36. The summed E-state index contributed by atoms with van der Waals surface area (Å²) in [6.45, 7) is 1.29. The molecule has 5 nitrogen and oxygen atoms in total. The molecular weight excluding hydrogens is 293 g/mol. The van der Waals surface area contributed by atoms with Gasteiger partial charge in [0.25, 0.3) is 0 Å². The van der Waals surface area contributed by atoms with Gasteiger partial charge in [-0.1, -0.05) is 29.3 Å². The summed E-state index contributed by atoms with van der Waals surface area (Å²) in [4.78, 5) is 22.5. The lowest BCUT2D eigenvalue weighted by atomic mass is 10.1. The van der Waals surface area contributed by atoms with Crippen LogP contribution in [0.3, 0.4) is 0 Å². The summed E-state index contributed by atoms with van der Waals surface area (Å²) in [7, 11) is 0. The maximum Gasteiger partial charge on any atom is 0.328 e. The van der Waals surface area contributed by atoms with Crippen LogP contribution in [-0.2, 0) is 16.0 Å². The summed E-state index contributed by atoms with van der Waals surface area (Å²) in [5.41, 5.74) is 0.599. The van der Waals surface area contributed by atoms with Crippen LogP contribution in [0, 0.1) is 0 Å². The molecule has 19 heavy (non-hydrogen) atoms. The van der Waals surface area contributed by atoms with Crippen molar-refractivity contribution in [1.29, 1.82) is 0 Å². The topological polar surface area (TPSA) is 86.6 Å². The molecule has 0 aliphatic heterocycles. The molecule has 0 aliphatic carbocycles. The van der Waals surface area contributed by atoms with Gasteiger partial charge in [-0.2, -0.15) is 0 Å². The number of nitrogens with one attached hydrogen (secondary N) is 1. The number of aliphatic carboxylic acids is 1. The number of halogens is 2. The molecule has 1 aromatic rings. The highest BCUT2D eigenvalue weighted by Gasteiger charge is 2.24. The Morgan fingerprint density at radius 1 is 1.32 bits per heavy atom. The van der Waals surface area contributed by atoms with E-state index in [0.29, 0.717) is 15.6 Å². The van der Waals surface area contributed by atoms with Crippen molar-refractivity contribution in [1.82, 2.24) is 5.32 Å². The van der Waals surface area contributed by atoms with Crippen LogP contribution in [0.25, 0.3) is 0 Å². The lowest BCUT2D eigenvalue weighted by molar-refractivity contribution is -0.144. The lowest BCUT2D eigenvalue weighted by Crippen LogP contribution is -2.48. The highest BCUT2D eigenvalue weighted by Crippen LogP contribution is 2.22. The smallest absolute Gasteiger partial charge is 0.328 e. The fraction of sp³-hybridized carbons (Fsp3) is 0.333. The molecule has 2 atom stereocenters. The number of benzene rings is 1. The Labute approximate surface area is 120 Å². The first kappa shape index (κ1) is 15.8. The fourth-order valence-corrected chi connectivity index (χ4v) is 1.77. The van der Waals surface area contributed by atoms with Crippen LogP contribution in [0.1, 0.15) is 12.5 Å². The Morgan fingerprint density at radius 3 is 2.42 bits per heavy atom. The summed E-state index contributed by atoms with van der Waals surface area (Å²) >= 11 is 11.5. The molecule has 104 valence electrons. The minimum absolute atomic E-state index is 0.0482. The van der Waals surface area contributed by atoms with E-state index >= 15 is 0 Å². The molecule has 1 aromatic carbocycles. The van der Waals surface area contributed by atoms with Crippen LogP contribution >= 0.6 is 23.2 Å². The fourth-order valence-electron chi connectivity index (χ4n) is 1.45. The molecule has 0 bridgehead atoms. The molecule has 0 saturated carbocycles. The number of hydrogen-bond donors (Lipinski definition) is 3. The van der Waals surface area contributed by atoms with E-state index in [1.165, 1.54) is 13.0 Å². The van der Waals surface area contributed by atoms with Crippen molar-refractivity contribution in [2.24, 2.45) is 0 Å². The Morgan fingerprint density at radius 2 is 1.95 bits per heavy atom. The van der Waals surface area contributed by atoms with E-state index < -0.39 is 24.0 Å². The standard InChI is InChI=1S/C12H13Cl2NO4/c1-6(16)11(12(18)19)15-10(17)5-7-2-3-8(13)9(14)4-7/h2-4,6,11,16H,5H2,1H3,(H,15,17)(H,18,19)/t6-,11+/m1/s1. The summed E-state index contributed by atoms with van der Waals surface area (Å²) < 4.78 is 0. The SMILES string of the molecule is C[C@@H](O)[C@H](NC(=O)Cc1ccc(Cl)c(Cl)c1)C(=O)O. The molecule has 0 heterocycles. The highest BCUT2D eigenvalue weighted by molar-refractivity contribution is 6.42. The summed E-state index contributed by atoms with van der Waals surface area (Å²) in [5.74, 6) is -1.82. The minimum atomic E-state index is -1.34. The molecule has 0 unspecified atom stereocenters. The monoisotopic (exact) mass is 305 g/mol. The predicted octanol–water partition coefficient (Wildman–Crippen LogP) is 1.49. The summed E-state index contributed by atoms with van der Waals surface area (Å²) in [5, 5.41) is 21.0. The third kappa shape index (κ3) is 4.70. The molecule has 0 saturated heterocycles. The molecular formula is C12H13Cl2NO4. The first-order chi connectivity index (χ1) is 8.81. The number of amides is 1. The van der Waals surface area contributed by atoms with Crippen molar-refractivity contribution in [3.8, 4) is 0 Å². The zero-order valence-corrected chi connectivity index (χ0v) is 11.6. The highest BCUT2D eigenvalue weighted by atomic mass is 35.5. The molecule has 0 aromatic heterocycles. The van der Waals surface area contributed by atoms with Gasteiger partial charge in [0.15, 0.2) is 6.04 Å². The second-order valence-electron chi connectivity index (χ2n) is 4.05. The van der Waals surface area contributed by atoms with Gasteiger partial charge in [0.05, 0.1) is 22.6 Å². The van der Waals surface area contributed by atoms with E-state index in [1.54, 1.807) is 12.1 Å². The zero-order chi connectivity index (χ0) is 14.6. The normalized spacial score (nSPS) is 13.7. The van der Waals surface area contributed by atoms with Crippen LogP contribution < -0.4 is 5.32 Å². The van der Waals surface area contributed by atoms with Gasteiger partial charge in [0.1, 0.15) is 0 Å². The average molecular weight is 306 g/mol. The van der Waals surface area contributed by atoms with E-state index in [0.717, 1.165) is 0 Å². The van der Waals surface area contributed by atoms with Gasteiger partial charge in [0, 0.05) is 0 Å². The molecule has 1 rings (SSSR count). The van der Waals surface area contributed by atoms with Crippen LogP contribution in [0.5, 0.6) is 0 Å². The van der Waals surface area contributed by atoms with E-state index in [9.17, 15) is 14.7 Å². The Hall–Kier alpha value is -1.30. The second kappa shape index (κ2) is 6.75. The number of carboxylic acids is 1. The number of aliphatic hydroxyl groups excluding tert-OH is 1. The molecule has 0 radical (unpaired) electrons. The van der Waals surface area contributed by atoms with E-state index in [1.807, 2.05) is 0 Å². The Balaban J connectivity index is 2.69. The van der Waals surface area contributed by atoms with Gasteiger partial charge in [-0.15, -0.1) is 0 Å². The first-order valence-corrected chi connectivity index (χ1v) is 6.21. The van der Waals surface area contributed by atoms with Crippen molar-refractivity contribution < 1.29 is 19.8 Å². The van der Waals surface area contributed by atoms with Crippen LogP contribution in [0.4, 0.5) is 0 Å². The minimum Gasteiger partial charge on any atom is -0.480 e. The van der Waals surface area contributed by atoms with E-state index in [-0.39, 0.29) is 6.42 Å². The molecule has 0 aliphatic rings. The van der Waals surface area contributed by atoms with Crippen molar-refractivity contribution in [2.45, 2.75) is 25.5 Å². The quantitative estimate of drug-likeness (QED) is 0.769. The van der Waals surface area contributed by atoms with Crippen LogP contribution in [0.2, 0.25) is 10.0 Å². The number of hydrogen-bond acceptors (Lipinski definition) is 3. The number of carbonyl (C=O) groups excluding carboxylic acids is 1. The van der Waals surface area contributed by atoms with Gasteiger partial charge in [-0.3, -0.25) is 4.79 Å². The van der Waals surface area contributed by atoms with Crippen molar-refractivity contribution >= 4 is 35.1 Å². The third-order valence-electron chi connectivity index (χ3n) is 2.41. The maximum absolute atomic E-state index is 11.7. The molecule has 7 heteroatoms. The maximum atomic E-state index is 11.7. The van der Waals surface area contributed by atoms with E-state index in [4.69, 9.17) is 28.3 Å². The largest absolute Gasteiger partial charge is 0.480 e. The van der Waals surface area contributed by atoms with E-state index in [2.05, 4.69) is 5.32 Å². The van der Waals surface area contributed by atoms with Crippen LogP contribution in [-0.4, -0.2) is 34.2 Å². The van der Waals surface area contributed by atoms with Gasteiger partial charge in [-0.05, 0) is 24.6 Å². The molecule has 1 amide bonds. The van der Waals surface area contributed by atoms with Crippen LogP contribution in [0.15, 0.2) is 18.2 Å². The Bertz CT molecular complexity index is 491. The van der Waals surface area contributed by atoms with Gasteiger partial charge in [0.2, 0.25) is 5.91 Å². The summed E-state index contributed by atoms with van der Waals surface area (Å²) in [6.07, 6.45) is -1.23. The zero-order valence-electron chi connectivity index (χ0n) is 10.1. The predicted molar refractivity (Wildman–Crippen MR) is 71.4 cm³/mol. The van der Waals surface area contributed by atoms with Gasteiger partial charge < -0.3 is 15.5 Å². The van der Waals surface area contributed by atoms with Crippen molar-refractivity contribution in [2.75, 3.05) is 0 Å². The lowest BCUT2D eigenvalue weighted by Gasteiger charge is -2.17. The Kier molecular flexibility index (Phi) is 5.60. The average Bonchev–Trinajstić information content (AvgIpc) is 2.30. The van der Waals surface area contributed by atoms with Crippen molar-refractivity contribution in [3.05, 3.63) is 33.8 Å². The second-order valence-corrected chi connectivity index (χ2v) is 4.86. The molecule has 3 N–H and O–H groups in total. The molecule has 0 fully saturated rings. The molecule has 0 spiro atoms. The van der Waals surface area contributed by atoms with Gasteiger partial charge in [-0.25, -0.2) is 4.79 Å². The van der Waals surface area contributed by atoms with Crippen molar-refractivity contribution in [3.63, 3.8) is 0 Å². The number of aliphatic hydroxyl groups is 1. The van der Waals surface area contributed by atoms with Gasteiger partial charge >= 0.3 is 5.97 Å².